The fraction of sp³-hybridized carbons (Fsp3) is 0. The second-order valence-corrected chi connectivity index (χ2v) is 2.13. The van der Waals surface area contributed by atoms with Crippen LogP contribution in [-0.2, 0) is 0 Å². The molecule has 0 heterocycles. The first-order valence-electron chi connectivity index (χ1n) is 2.43. The summed E-state index contributed by atoms with van der Waals surface area (Å²) < 4.78 is 0. The Kier molecular flexibility index (Phi) is 1.49. The molecule has 0 saturated heterocycles. The quantitative estimate of drug-likeness (QED) is 0.530. The Hall–Kier alpha value is -0.890. The summed E-state index contributed by atoms with van der Waals surface area (Å²) in [4.78, 5) is 0. The van der Waals surface area contributed by atoms with E-state index < -0.39 is 0 Å². The molecule has 1 aromatic carbocycles. The topological polar surface area (TPSA) is 47.6 Å². The molecule has 2 N–H and O–H groups in total. The van der Waals surface area contributed by atoms with E-state index in [0.29, 0.717) is 5.02 Å². The van der Waals surface area contributed by atoms with Gasteiger partial charge in [-0.25, -0.2) is 0 Å². The number of nitrogens with one attached hydrogen (secondary N) is 2. The standard InChI is InChI=1S/C6H5ClN2/c7-4-1-2-5(8)6(9)3-4/h1-3,8-9H. The predicted molar refractivity (Wildman–Crippen MR) is 37.0 cm³/mol. The molecule has 0 aliphatic heterocycles. The number of hydrogen-bond donors (Lipinski definition) is 0. The number of halogens is 1. The largest absolute Gasteiger partial charge is 0.299 e. The molecule has 46 valence electrons. The zero-order chi connectivity index (χ0) is 6.85. The zero-order valence-electron chi connectivity index (χ0n) is 4.61. The van der Waals surface area contributed by atoms with Crippen molar-refractivity contribution in [2.45, 2.75) is 0 Å². The van der Waals surface area contributed by atoms with Crippen molar-refractivity contribution in [2.75, 3.05) is 0 Å². The second-order valence-electron chi connectivity index (χ2n) is 1.69. The van der Waals surface area contributed by atoms with Crippen LogP contribution in [0.1, 0.15) is 0 Å². The van der Waals surface area contributed by atoms with Gasteiger partial charge in [-0.1, -0.05) is 11.6 Å². The summed E-state index contributed by atoms with van der Waals surface area (Å²) in [6.45, 7) is 0. The molecule has 9 heavy (non-hydrogen) atoms. The molecule has 0 aliphatic carbocycles. The Bertz CT molecular complexity index is 222. The van der Waals surface area contributed by atoms with E-state index in [1.165, 1.54) is 12.1 Å². The minimum absolute atomic E-state index is 0.169. The number of benzene rings is 1. The lowest BCUT2D eigenvalue weighted by Crippen LogP contribution is -1.73. The molecule has 0 aromatic heterocycles. The lowest BCUT2D eigenvalue weighted by Gasteiger charge is -1.94. The van der Waals surface area contributed by atoms with Crippen molar-refractivity contribution >= 4 is 23.0 Å². The summed E-state index contributed by atoms with van der Waals surface area (Å²) in [6.07, 6.45) is 0. The minimum atomic E-state index is 0.169. The normalized spacial score (nSPS) is 9.44. The maximum Gasteiger partial charge on any atom is 0.0804 e. The zero-order valence-corrected chi connectivity index (χ0v) is 5.37. The predicted octanol–water partition coefficient (Wildman–Crippen LogP) is 2.17. The minimum Gasteiger partial charge on any atom is -0.299 e. The van der Waals surface area contributed by atoms with Crippen LogP contribution in [0.4, 0.5) is 11.4 Å². The fourth-order valence-corrected chi connectivity index (χ4v) is 0.689. The molecule has 0 unspecified atom stereocenters. The highest BCUT2D eigenvalue weighted by Crippen LogP contribution is 2.21. The van der Waals surface area contributed by atoms with Crippen LogP contribution < -0.4 is 11.5 Å². The van der Waals surface area contributed by atoms with Crippen LogP contribution in [0.15, 0.2) is 18.2 Å². The molecular weight excluding hydrogens is 136 g/mol. The van der Waals surface area contributed by atoms with E-state index in [-0.39, 0.29) is 11.4 Å². The van der Waals surface area contributed by atoms with E-state index in [4.69, 9.17) is 23.1 Å². The average molecular weight is 141 g/mol. The van der Waals surface area contributed by atoms with E-state index >= 15 is 0 Å². The van der Waals surface area contributed by atoms with Crippen LogP contribution in [0.3, 0.4) is 0 Å². The van der Waals surface area contributed by atoms with Gasteiger partial charge in [-0.15, -0.1) is 0 Å². The lowest BCUT2D eigenvalue weighted by atomic mass is 10.3. The lowest BCUT2D eigenvalue weighted by molar-refractivity contribution is 1.40. The Morgan fingerprint density at radius 3 is 2.22 bits per heavy atom. The summed E-state index contributed by atoms with van der Waals surface area (Å²) in [7, 11) is 0. The summed E-state index contributed by atoms with van der Waals surface area (Å²) in [5.41, 5.74) is 14.5. The van der Waals surface area contributed by atoms with Crippen LogP contribution in [-0.4, -0.2) is 0 Å². The van der Waals surface area contributed by atoms with Crippen LogP contribution in [0, 0.1) is 0 Å². The summed E-state index contributed by atoms with van der Waals surface area (Å²) in [5.74, 6) is 0. The molecule has 2 nitrogen and oxygen atoms in total. The molecule has 0 aliphatic rings. The van der Waals surface area contributed by atoms with E-state index in [0.717, 1.165) is 0 Å². The average Bonchev–Trinajstić information content (AvgIpc) is 1.80. The molecular formula is C6H5ClN2. The van der Waals surface area contributed by atoms with Crippen LogP contribution in [0.2, 0.25) is 5.02 Å². The summed E-state index contributed by atoms with van der Waals surface area (Å²) in [5, 5.41) is 0.510. The Morgan fingerprint density at radius 2 is 1.78 bits per heavy atom. The summed E-state index contributed by atoms with van der Waals surface area (Å²) >= 11 is 5.51. The first-order chi connectivity index (χ1) is 4.20. The molecule has 1 rings (SSSR count). The number of rotatable bonds is 0. The molecule has 3 heteroatoms. The highest BCUT2D eigenvalue weighted by Gasteiger charge is 1.93. The molecule has 0 atom stereocenters. The molecule has 0 spiro atoms. The van der Waals surface area contributed by atoms with E-state index in [1.54, 1.807) is 6.07 Å². The Balaban J connectivity index is 3.17. The third kappa shape index (κ3) is 1.27. The number of hydrogen-bond acceptors (Lipinski definition) is 0. The van der Waals surface area contributed by atoms with Crippen molar-refractivity contribution < 1.29 is 0 Å². The third-order valence-electron chi connectivity index (χ3n) is 0.982. The van der Waals surface area contributed by atoms with Gasteiger partial charge in [0.05, 0.1) is 11.4 Å². The molecule has 2 radical (unpaired) electrons. The molecule has 0 saturated carbocycles. The fourth-order valence-electron chi connectivity index (χ4n) is 0.516. The van der Waals surface area contributed by atoms with Crippen molar-refractivity contribution in [1.29, 1.82) is 0 Å². The van der Waals surface area contributed by atoms with Crippen LogP contribution in [0.5, 0.6) is 0 Å². The van der Waals surface area contributed by atoms with Gasteiger partial charge in [0, 0.05) is 5.02 Å². The van der Waals surface area contributed by atoms with Gasteiger partial charge in [-0.3, -0.25) is 11.5 Å². The second kappa shape index (κ2) is 2.15. The highest BCUT2D eigenvalue weighted by molar-refractivity contribution is 6.30. The molecule has 0 bridgehead atoms. The van der Waals surface area contributed by atoms with Gasteiger partial charge in [-0.2, -0.15) is 0 Å². The first kappa shape index (κ1) is 6.23. The monoisotopic (exact) mass is 140 g/mol. The van der Waals surface area contributed by atoms with Crippen molar-refractivity contribution in [3.8, 4) is 0 Å². The van der Waals surface area contributed by atoms with Gasteiger partial charge < -0.3 is 0 Å². The van der Waals surface area contributed by atoms with Gasteiger partial charge in [0.1, 0.15) is 0 Å². The molecule has 0 fully saturated rings. The van der Waals surface area contributed by atoms with Crippen molar-refractivity contribution in [2.24, 2.45) is 0 Å². The van der Waals surface area contributed by atoms with Crippen molar-refractivity contribution in [3.05, 3.63) is 23.2 Å². The van der Waals surface area contributed by atoms with Gasteiger partial charge >= 0.3 is 0 Å². The van der Waals surface area contributed by atoms with Crippen molar-refractivity contribution in [1.82, 2.24) is 11.5 Å². The maximum atomic E-state index is 7.09. The van der Waals surface area contributed by atoms with Gasteiger partial charge in [0.25, 0.3) is 0 Å². The van der Waals surface area contributed by atoms with E-state index in [1.807, 2.05) is 0 Å². The SMILES string of the molecule is [NH]c1ccc(Cl)cc1[NH]. The van der Waals surface area contributed by atoms with Gasteiger partial charge in [0.2, 0.25) is 0 Å². The van der Waals surface area contributed by atoms with Crippen molar-refractivity contribution in [3.63, 3.8) is 0 Å². The van der Waals surface area contributed by atoms with Gasteiger partial charge in [0.15, 0.2) is 0 Å². The Morgan fingerprint density at radius 1 is 1.11 bits per heavy atom. The highest BCUT2D eigenvalue weighted by atomic mass is 35.5. The van der Waals surface area contributed by atoms with E-state index in [2.05, 4.69) is 0 Å². The van der Waals surface area contributed by atoms with Crippen LogP contribution in [0.25, 0.3) is 0 Å². The first-order valence-corrected chi connectivity index (χ1v) is 2.80. The van der Waals surface area contributed by atoms with Crippen LogP contribution >= 0.6 is 11.6 Å². The molecule has 0 amide bonds. The summed E-state index contributed by atoms with van der Waals surface area (Å²) in [6, 6.07) is 4.55. The maximum absolute atomic E-state index is 7.09. The smallest absolute Gasteiger partial charge is 0.0804 e. The third-order valence-corrected chi connectivity index (χ3v) is 1.22. The van der Waals surface area contributed by atoms with E-state index in [9.17, 15) is 0 Å². The Labute approximate surface area is 58.4 Å². The van der Waals surface area contributed by atoms with Gasteiger partial charge in [-0.05, 0) is 18.2 Å². The molecule has 1 aromatic rings.